The molecule has 0 spiro atoms. The maximum absolute atomic E-state index is 12.1. The molecule has 18 heavy (non-hydrogen) atoms. The van der Waals surface area contributed by atoms with E-state index in [4.69, 9.17) is 10.5 Å². The molecule has 4 nitrogen and oxygen atoms in total. The van der Waals surface area contributed by atoms with Crippen LogP contribution in [0.5, 0.6) is 0 Å². The summed E-state index contributed by atoms with van der Waals surface area (Å²) in [6, 6.07) is 3.59. The SMILES string of the molecule is CC(C)(C)OC(=O)c1ccc(CN)nc1C1CC1. The van der Waals surface area contributed by atoms with Crippen LogP contribution in [0, 0.1) is 0 Å². The van der Waals surface area contributed by atoms with Gasteiger partial charge in [-0.2, -0.15) is 0 Å². The van der Waals surface area contributed by atoms with Gasteiger partial charge in [-0.05, 0) is 45.7 Å². The van der Waals surface area contributed by atoms with Crippen molar-refractivity contribution >= 4 is 5.97 Å². The highest BCUT2D eigenvalue weighted by molar-refractivity contribution is 5.91. The van der Waals surface area contributed by atoms with Crippen LogP contribution in [-0.4, -0.2) is 16.6 Å². The minimum absolute atomic E-state index is 0.291. The first-order valence-corrected chi connectivity index (χ1v) is 6.34. The van der Waals surface area contributed by atoms with E-state index >= 15 is 0 Å². The molecule has 0 atom stereocenters. The van der Waals surface area contributed by atoms with Gasteiger partial charge in [0.2, 0.25) is 0 Å². The van der Waals surface area contributed by atoms with Crippen LogP contribution in [-0.2, 0) is 11.3 Å². The van der Waals surface area contributed by atoms with Gasteiger partial charge in [0.1, 0.15) is 5.60 Å². The second kappa shape index (κ2) is 4.69. The van der Waals surface area contributed by atoms with E-state index in [1.54, 1.807) is 12.1 Å². The van der Waals surface area contributed by atoms with E-state index in [1.807, 2.05) is 20.8 Å². The number of nitrogens with two attached hydrogens (primary N) is 1. The Morgan fingerprint density at radius 3 is 2.61 bits per heavy atom. The number of carbonyl (C=O) groups is 1. The van der Waals surface area contributed by atoms with Crippen molar-refractivity contribution in [3.8, 4) is 0 Å². The van der Waals surface area contributed by atoms with Crippen LogP contribution in [0.1, 0.15) is 61.3 Å². The zero-order valence-electron chi connectivity index (χ0n) is 11.2. The normalized spacial score (nSPS) is 15.6. The highest BCUT2D eigenvalue weighted by Crippen LogP contribution is 2.41. The zero-order valence-corrected chi connectivity index (χ0v) is 11.2. The van der Waals surface area contributed by atoms with Gasteiger partial charge in [-0.15, -0.1) is 0 Å². The minimum atomic E-state index is -0.482. The molecule has 98 valence electrons. The molecule has 1 aromatic heterocycles. The number of aromatic nitrogens is 1. The van der Waals surface area contributed by atoms with Crippen LogP contribution >= 0.6 is 0 Å². The molecule has 0 aliphatic heterocycles. The van der Waals surface area contributed by atoms with Gasteiger partial charge in [-0.25, -0.2) is 4.79 Å². The van der Waals surface area contributed by atoms with Crippen LogP contribution in [0.25, 0.3) is 0 Å². The Morgan fingerprint density at radius 2 is 2.11 bits per heavy atom. The first-order chi connectivity index (χ1) is 8.40. The second-order valence-corrected chi connectivity index (χ2v) is 5.72. The minimum Gasteiger partial charge on any atom is -0.456 e. The summed E-state index contributed by atoms with van der Waals surface area (Å²) in [5.41, 5.74) is 7.37. The highest BCUT2D eigenvalue weighted by atomic mass is 16.6. The largest absolute Gasteiger partial charge is 0.456 e. The Labute approximate surface area is 108 Å². The third kappa shape index (κ3) is 3.07. The Hall–Kier alpha value is -1.42. The number of carbonyl (C=O) groups excluding carboxylic acids is 1. The molecule has 1 fully saturated rings. The molecule has 0 radical (unpaired) electrons. The smallest absolute Gasteiger partial charge is 0.340 e. The van der Waals surface area contributed by atoms with E-state index in [0.29, 0.717) is 18.0 Å². The number of nitrogens with zero attached hydrogens (tertiary/aromatic N) is 1. The third-order valence-corrected chi connectivity index (χ3v) is 2.77. The standard InChI is InChI=1S/C14H20N2O2/c1-14(2,3)18-13(17)11-7-6-10(8-15)16-12(11)9-4-5-9/h6-7,9H,4-5,8,15H2,1-3H3. The Bertz CT molecular complexity index is 459. The van der Waals surface area contributed by atoms with Crippen LogP contribution < -0.4 is 5.73 Å². The second-order valence-electron chi connectivity index (χ2n) is 5.72. The van der Waals surface area contributed by atoms with Crippen LogP contribution in [0.3, 0.4) is 0 Å². The van der Waals surface area contributed by atoms with Crippen molar-refractivity contribution in [2.75, 3.05) is 0 Å². The summed E-state index contributed by atoms with van der Waals surface area (Å²) in [6.45, 7) is 5.99. The molecule has 0 bridgehead atoms. The first kappa shape index (κ1) is 13.0. The number of esters is 1. The lowest BCUT2D eigenvalue weighted by atomic mass is 10.1. The van der Waals surface area contributed by atoms with Crippen molar-refractivity contribution < 1.29 is 9.53 Å². The van der Waals surface area contributed by atoms with Gasteiger partial charge in [0.05, 0.1) is 17.0 Å². The average molecular weight is 248 g/mol. The molecule has 1 saturated carbocycles. The fourth-order valence-electron chi connectivity index (χ4n) is 1.80. The first-order valence-electron chi connectivity index (χ1n) is 6.34. The maximum Gasteiger partial charge on any atom is 0.340 e. The van der Waals surface area contributed by atoms with E-state index in [-0.39, 0.29) is 5.97 Å². The molecule has 1 aliphatic carbocycles. The lowest BCUT2D eigenvalue weighted by Gasteiger charge is -2.20. The van der Waals surface area contributed by atoms with Crippen LogP contribution in [0.2, 0.25) is 0 Å². The van der Waals surface area contributed by atoms with Gasteiger partial charge >= 0.3 is 5.97 Å². The van der Waals surface area contributed by atoms with Gasteiger partial charge < -0.3 is 10.5 Å². The van der Waals surface area contributed by atoms with Gasteiger partial charge in [-0.3, -0.25) is 4.98 Å². The summed E-state index contributed by atoms with van der Waals surface area (Å²) in [4.78, 5) is 16.6. The van der Waals surface area contributed by atoms with Crippen molar-refractivity contribution in [3.05, 3.63) is 29.1 Å². The maximum atomic E-state index is 12.1. The zero-order chi connectivity index (χ0) is 13.3. The fraction of sp³-hybridized carbons (Fsp3) is 0.571. The fourth-order valence-corrected chi connectivity index (χ4v) is 1.80. The molecule has 1 aromatic rings. The summed E-state index contributed by atoms with van der Waals surface area (Å²) in [5.74, 6) is 0.111. The molecule has 0 aromatic carbocycles. The van der Waals surface area contributed by atoms with Gasteiger partial charge in [0, 0.05) is 12.5 Å². The summed E-state index contributed by atoms with van der Waals surface area (Å²) in [7, 11) is 0. The number of hydrogen-bond donors (Lipinski definition) is 1. The van der Waals surface area contributed by atoms with E-state index < -0.39 is 5.60 Å². The Kier molecular flexibility index (Phi) is 3.39. The average Bonchev–Trinajstić information content (AvgIpc) is 3.09. The highest BCUT2D eigenvalue weighted by Gasteiger charge is 2.31. The number of pyridine rings is 1. The summed E-state index contributed by atoms with van der Waals surface area (Å²) in [6.07, 6.45) is 2.19. The number of ether oxygens (including phenoxy) is 1. The van der Waals surface area contributed by atoms with Crippen molar-refractivity contribution in [1.82, 2.24) is 4.98 Å². The number of rotatable bonds is 3. The van der Waals surface area contributed by atoms with Crippen LogP contribution in [0.4, 0.5) is 0 Å². The van der Waals surface area contributed by atoms with Crippen molar-refractivity contribution in [2.45, 2.75) is 51.7 Å². The van der Waals surface area contributed by atoms with E-state index in [9.17, 15) is 4.79 Å². The molecule has 2 N–H and O–H groups in total. The van der Waals surface area contributed by atoms with Gasteiger partial charge in [-0.1, -0.05) is 0 Å². The van der Waals surface area contributed by atoms with Crippen molar-refractivity contribution in [2.24, 2.45) is 5.73 Å². The quantitative estimate of drug-likeness (QED) is 0.834. The molecule has 0 saturated heterocycles. The van der Waals surface area contributed by atoms with Crippen molar-refractivity contribution in [3.63, 3.8) is 0 Å². The lowest BCUT2D eigenvalue weighted by molar-refractivity contribution is 0.00677. The molecular weight excluding hydrogens is 228 g/mol. The van der Waals surface area contributed by atoms with Crippen molar-refractivity contribution in [1.29, 1.82) is 0 Å². The lowest BCUT2D eigenvalue weighted by Crippen LogP contribution is -2.25. The Balaban J connectivity index is 2.29. The predicted octanol–water partition coefficient (Wildman–Crippen LogP) is 2.37. The Morgan fingerprint density at radius 1 is 1.44 bits per heavy atom. The van der Waals surface area contributed by atoms with Crippen LogP contribution in [0.15, 0.2) is 12.1 Å². The van der Waals surface area contributed by atoms with E-state index in [0.717, 1.165) is 24.2 Å². The molecular formula is C14H20N2O2. The molecule has 2 rings (SSSR count). The molecule has 0 amide bonds. The van der Waals surface area contributed by atoms with Gasteiger partial charge in [0.25, 0.3) is 0 Å². The monoisotopic (exact) mass is 248 g/mol. The number of hydrogen-bond acceptors (Lipinski definition) is 4. The summed E-state index contributed by atoms with van der Waals surface area (Å²) >= 11 is 0. The molecule has 1 heterocycles. The molecule has 0 unspecified atom stereocenters. The topological polar surface area (TPSA) is 65.2 Å². The summed E-state index contributed by atoms with van der Waals surface area (Å²) < 4.78 is 5.41. The van der Waals surface area contributed by atoms with E-state index in [2.05, 4.69) is 4.98 Å². The third-order valence-electron chi connectivity index (χ3n) is 2.77. The van der Waals surface area contributed by atoms with Gasteiger partial charge in [0.15, 0.2) is 0 Å². The van der Waals surface area contributed by atoms with E-state index in [1.165, 1.54) is 0 Å². The predicted molar refractivity (Wildman–Crippen MR) is 69.3 cm³/mol. The summed E-state index contributed by atoms with van der Waals surface area (Å²) in [5, 5.41) is 0. The molecule has 4 heteroatoms. The molecule has 1 aliphatic rings.